The van der Waals surface area contributed by atoms with Gasteiger partial charge in [0.25, 0.3) is 5.91 Å². The Hall–Kier alpha value is -2.20. The van der Waals surface area contributed by atoms with Crippen molar-refractivity contribution in [1.29, 1.82) is 0 Å². The van der Waals surface area contributed by atoms with Crippen LogP contribution >= 0.6 is 0 Å². The summed E-state index contributed by atoms with van der Waals surface area (Å²) in [5, 5.41) is 14.3. The van der Waals surface area contributed by atoms with Gasteiger partial charge in [-0.3, -0.25) is 14.9 Å². The number of hydrogen-bond acceptors (Lipinski definition) is 6. The Kier molecular flexibility index (Phi) is 7.36. The lowest BCUT2D eigenvalue weighted by Gasteiger charge is -2.20. The van der Waals surface area contributed by atoms with Gasteiger partial charge in [-0.25, -0.2) is 8.42 Å². The van der Waals surface area contributed by atoms with Gasteiger partial charge < -0.3 is 10.1 Å². The van der Waals surface area contributed by atoms with E-state index in [2.05, 4.69) is 5.32 Å². The first-order valence-electron chi connectivity index (χ1n) is 9.46. The second kappa shape index (κ2) is 9.33. The average Bonchev–Trinajstić information content (AvgIpc) is 3.15. The summed E-state index contributed by atoms with van der Waals surface area (Å²) in [5.74, 6) is -0.487. The third-order valence-electron chi connectivity index (χ3n) is 4.84. The molecule has 2 rings (SSSR count). The summed E-state index contributed by atoms with van der Waals surface area (Å²) in [7, 11) is -3.84. The lowest BCUT2D eigenvalue weighted by Crippen LogP contribution is -2.41. The van der Waals surface area contributed by atoms with Crippen LogP contribution in [0, 0.1) is 10.1 Å². The van der Waals surface area contributed by atoms with E-state index in [4.69, 9.17) is 4.74 Å². The molecule has 0 aromatic heterocycles. The van der Waals surface area contributed by atoms with Crippen LogP contribution in [-0.4, -0.2) is 48.8 Å². The summed E-state index contributed by atoms with van der Waals surface area (Å²) in [5.41, 5.74) is -0.492. The number of nitro benzene ring substituents is 1. The first-order chi connectivity index (χ1) is 13.2. The molecule has 9 nitrogen and oxygen atoms in total. The summed E-state index contributed by atoms with van der Waals surface area (Å²) in [6.45, 7) is 5.40. The number of hydrogen-bond donors (Lipinski definition) is 1. The molecule has 0 radical (unpaired) electrons. The summed E-state index contributed by atoms with van der Waals surface area (Å²) >= 11 is 0. The number of ether oxygens (including phenoxy) is 1. The molecule has 1 saturated carbocycles. The van der Waals surface area contributed by atoms with Crippen LogP contribution in [0.15, 0.2) is 23.1 Å². The smallest absolute Gasteiger partial charge is 0.312 e. The zero-order valence-corrected chi connectivity index (χ0v) is 17.2. The number of benzene rings is 1. The molecule has 1 aliphatic carbocycles. The molecule has 10 heteroatoms. The van der Waals surface area contributed by atoms with E-state index in [0.717, 1.165) is 31.7 Å². The molecule has 0 bridgehead atoms. The van der Waals surface area contributed by atoms with E-state index in [1.165, 1.54) is 23.4 Å². The monoisotopic (exact) mass is 413 g/mol. The number of sulfonamides is 1. The summed E-state index contributed by atoms with van der Waals surface area (Å²) in [6.07, 6.45) is 3.01. The molecule has 28 heavy (non-hydrogen) atoms. The Morgan fingerprint density at radius 1 is 1.32 bits per heavy atom. The second-order valence-electron chi connectivity index (χ2n) is 6.73. The molecule has 0 heterocycles. The molecular weight excluding hydrogens is 386 g/mol. The molecule has 0 aliphatic heterocycles. The van der Waals surface area contributed by atoms with Crippen LogP contribution in [0.2, 0.25) is 0 Å². The maximum atomic E-state index is 12.6. The maximum absolute atomic E-state index is 12.6. The standard InChI is InChI=1S/C18H27N3O6S/c1-4-20(5-2)28(25,26)15-10-11-17(16(12-15)21(23)24)27-13(3)18(22)19-14-8-6-7-9-14/h10-14H,4-9H2,1-3H3,(H,19,22)/t13-/m0/s1. The van der Waals surface area contributed by atoms with E-state index < -0.39 is 26.7 Å². The van der Waals surface area contributed by atoms with Crippen LogP contribution in [0.5, 0.6) is 5.75 Å². The van der Waals surface area contributed by atoms with Gasteiger partial charge in [-0.1, -0.05) is 26.7 Å². The minimum absolute atomic E-state index is 0.107. The van der Waals surface area contributed by atoms with Crippen LogP contribution in [0.25, 0.3) is 0 Å². The van der Waals surface area contributed by atoms with Gasteiger partial charge in [0.15, 0.2) is 11.9 Å². The Morgan fingerprint density at radius 3 is 2.46 bits per heavy atom. The first-order valence-corrected chi connectivity index (χ1v) is 10.9. The fourth-order valence-electron chi connectivity index (χ4n) is 3.25. The molecule has 0 unspecified atom stereocenters. The van der Waals surface area contributed by atoms with Crippen molar-refractivity contribution >= 4 is 21.6 Å². The van der Waals surface area contributed by atoms with Crippen molar-refractivity contribution in [2.45, 2.75) is 63.5 Å². The molecule has 0 spiro atoms. The quantitative estimate of drug-likeness (QED) is 0.491. The summed E-state index contributed by atoms with van der Waals surface area (Å²) in [6, 6.07) is 3.57. The topological polar surface area (TPSA) is 119 Å². The summed E-state index contributed by atoms with van der Waals surface area (Å²) in [4.78, 5) is 22.8. The Morgan fingerprint density at radius 2 is 1.93 bits per heavy atom. The number of nitrogens with one attached hydrogen (secondary N) is 1. The van der Waals surface area contributed by atoms with Gasteiger partial charge in [-0.2, -0.15) is 4.31 Å². The Balaban J connectivity index is 2.23. The van der Waals surface area contributed by atoms with Gasteiger partial charge in [-0.15, -0.1) is 0 Å². The van der Waals surface area contributed by atoms with Crippen LogP contribution in [0.4, 0.5) is 5.69 Å². The zero-order chi connectivity index (χ0) is 20.9. The number of carbonyl (C=O) groups is 1. The highest BCUT2D eigenvalue weighted by Gasteiger charge is 2.28. The molecule has 1 N–H and O–H groups in total. The zero-order valence-electron chi connectivity index (χ0n) is 16.4. The number of rotatable bonds is 9. The number of nitro groups is 1. The fraction of sp³-hybridized carbons (Fsp3) is 0.611. The minimum atomic E-state index is -3.84. The molecule has 1 fully saturated rings. The van der Waals surface area contributed by atoms with Crippen LogP contribution in [0.3, 0.4) is 0 Å². The average molecular weight is 413 g/mol. The van der Waals surface area contributed by atoms with Gasteiger partial charge in [-0.05, 0) is 31.9 Å². The normalized spacial score (nSPS) is 16.1. The Bertz CT molecular complexity index is 817. The van der Waals surface area contributed by atoms with Gasteiger partial charge >= 0.3 is 5.69 Å². The van der Waals surface area contributed by atoms with Crippen LogP contribution < -0.4 is 10.1 Å². The van der Waals surface area contributed by atoms with E-state index in [1.54, 1.807) is 13.8 Å². The lowest BCUT2D eigenvalue weighted by molar-refractivity contribution is -0.386. The highest BCUT2D eigenvalue weighted by molar-refractivity contribution is 7.89. The van der Waals surface area contributed by atoms with Crippen LogP contribution in [0.1, 0.15) is 46.5 Å². The van der Waals surface area contributed by atoms with Gasteiger partial charge in [0.2, 0.25) is 10.0 Å². The van der Waals surface area contributed by atoms with Crippen molar-refractivity contribution in [2.75, 3.05) is 13.1 Å². The lowest BCUT2D eigenvalue weighted by atomic mass is 10.2. The van der Waals surface area contributed by atoms with Crippen molar-refractivity contribution in [3.05, 3.63) is 28.3 Å². The van der Waals surface area contributed by atoms with Crippen molar-refractivity contribution in [1.82, 2.24) is 9.62 Å². The SMILES string of the molecule is CCN(CC)S(=O)(=O)c1ccc(O[C@@H](C)C(=O)NC2CCCC2)c([N+](=O)[O-])c1. The third-order valence-corrected chi connectivity index (χ3v) is 6.89. The molecule has 1 amide bonds. The largest absolute Gasteiger partial charge is 0.474 e. The molecule has 1 atom stereocenters. The first kappa shape index (κ1) is 22.1. The van der Waals surface area contributed by atoms with E-state index in [1.807, 2.05) is 0 Å². The molecular formula is C18H27N3O6S. The minimum Gasteiger partial charge on any atom is -0.474 e. The van der Waals surface area contributed by atoms with Gasteiger partial charge in [0.1, 0.15) is 0 Å². The fourth-order valence-corrected chi connectivity index (χ4v) is 4.72. The second-order valence-corrected chi connectivity index (χ2v) is 8.66. The van der Waals surface area contributed by atoms with Crippen molar-refractivity contribution in [2.24, 2.45) is 0 Å². The molecule has 1 aromatic rings. The van der Waals surface area contributed by atoms with Gasteiger partial charge in [0.05, 0.1) is 9.82 Å². The van der Waals surface area contributed by atoms with E-state index in [0.29, 0.717) is 0 Å². The predicted molar refractivity (Wildman–Crippen MR) is 104 cm³/mol. The van der Waals surface area contributed by atoms with Crippen LogP contribution in [-0.2, 0) is 14.8 Å². The van der Waals surface area contributed by atoms with Crippen molar-refractivity contribution < 1.29 is 22.9 Å². The summed E-state index contributed by atoms with van der Waals surface area (Å²) < 4.78 is 31.9. The predicted octanol–water partition coefficient (Wildman–Crippen LogP) is 2.45. The van der Waals surface area contributed by atoms with E-state index >= 15 is 0 Å². The molecule has 1 aliphatic rings. The van der Waals surface area contributed by atoms with Crippen molar-refractivity contribution in [3.63, 3.8) is 0 Å². The van der Waals surface area contributed by atoms with E-state index in [9.17, 15) is 23.3 Å². The molecule has 0 saturated heterocycles. The molecule has 1 aromatic carbocycles. The highest BCUT2D eigenvalue weighted by atomic mass is 32.2. The number of amides is 1. The Labute approximate surface area is 165 Å². The maximum Gasteiger partial charge on any atom is 0.312 e. The third kappa shape index (κ3) is 4.99. The van der Waals surface area contributed by atoms with Gasteiger partial charge in [0, 0.05) is 25.2 Å². The number of nitrogens with zero attached hydrogens (tertiary/aromatic N) is 2. The number of carbonyl (C=O) groups excluding carboxylic acids is 1. The molecule has 156 valence electrons. The van der Waals surface area contributed by atoms with Crippen molar-refractivity contribution in [3.8, 4) is 5.75 Å². The van der Waals surface area contributed by atoms with E-state index in [-0.39, 0.29) is 35.7 Å². The highest BCUT2D eigenvalue weighted by Crippen LogP contribution is 2.31.